The molecule has 0 fully saturated rings. The van der Waals surface area contributed by atoms with Gasteiger partial charge in [-0.3, -0.25) is 0 Å². The molecular formula is C13H28O3V. The second kappa shape index (κ2) is 21.4. The summed E-state index contributed by atoms with van der Waals surface area (Å²) in [7, 11) is 0. The van der Waals surface area contributed by atoms with Crippen molar-refractivity contribution in [1.29, 1.82) is 0 Å². The number of aliphatic hydroxyl groups excluding tert-OH is 1. The molecule has 0 spiro atoms. The van der Waals surface area contributed by atoms with Crippen molar-refractivity contribution in [2.75, 3.05) is 6.61 Å². The van der Waals surface area contributed by atoms with Crippen molar-refractivity contribution in [2.45, 2.75) is 77.6 Å². The molecule has 0 bridgehead atoms. The van der Waals surface area contributed by atoms with Crippen LogP contribution in [-0.4, -0.2) is 11.7 Å². The zero-order chi connectivity index (χ0) is 13.2. The second-order valence-electron chi connectivity index (χ2n) is 4.33. The van der Waals surface area contributed by atoms with E-state index in [2.05, 4.69) is 6.92 Å². The van der Waals surface area contributed by atoms with Crippen LogP contribution in [0.1, 0.15) is 77.6 Å². The molecule has 0 aromatic heterocycles. The Bertz CT molecular complexity index is 145. The summed E-state index contributed by atoms with van der Waals surface area (Å²) in [5, 5.41) is 8.59. The summed E-state index contributed by atoms with van der Waals surface area (Å²) in [5.74, 6) is 0. The third-order valence-corrected chi connectivity index (χ3v) is 2.76. The first-order valence-corrected chi connectivity index (χ1v) is 8.03. The first-order valence-electron chi connectivity index (χ1n) is 6.89. The molecule has 17 heavy (non-hydrogen) atoms. The summed E-state index contributed by atoms with van der Waals surface area (Å²) in [4.78, 5) is 0. The number of aliphatic hydroxyl groups is 1. The maximum atomic E-state index is 8.59. The summed E-state index contributed by atoms with van der Waals surface area (Å²) < 4.78 is 16.9. The van der Waals surface area contributed by atoms with Crippen molar-refractivity contribution in [1.82, 2.24) is 0 Å². The van der Waals surface area contributed by atoms with Crippen LogP contribution in [0.2, 0.25) is 0 Å². The standard InChI is InChI=1S/C13H28O.2O.V/c1-2-3-4-5-6-7-8-9-10-11-12-13-14;;;/h14H,2-13H2,1H3;;;. The minimum absolute atomic E-state index is 0.372. The second-order valence-corrected chi connectivity index (χ2v) is 4.57. The Morgan fingerprint density at radius 3 is 1.29 bits per heavy atom. The van der Waals surface area contributed by atoms with Gasteiger partial charge < -0.3 is 5.11 Å². The van der Waals surface area contributed by atoms with Gasteiger partial charge in [0.25, 0.3) is 0 Å². The Morgan fingerprint density at radius 1 is 0.706 bits per heavy atom. The Kier molecular flexibility index (Phi) is 24.6. The zero-order valence-corrected chi connectivity index (χ0v) is 12.6. The quantitative estimate of drug-likeness (QED) is 0.582. The fourth-order valence-corrected chi connectivity index (χ4v) is 1.78. The molecular weight excluding hydrogens is 255 g/mol. The summed E-state index contributed by atoms with van der Waals surface area (Å²) >= 11 is -1.81. The van der Waals surface area contributed by atoms with Gasteiger partial charge in [-0.25, -0.2) is 0 Å². The maximum absolute atomic E-state index is 8.59. The molecule has 0 atom stereocenters. The Labute approximate surface area is 113 Å². The van der Waals surface area contributed by atoms with Gasteiger partial charge >= 0.3 is 23.5 Å². The van der Waals surface area contributed by atoms with E-state index in [9.17, 15) is 0 Å². The number of hydrogen-bond acceptors (Lipinski definition) is 3. The average Bonchev–Trinajstić information content (AvgIpc) is 2.33. The summed E-state index contributed by atoms with van der Waals surface area (Å²) in [6.07, 6.45) is 14.8. The van der Waals surface area contributed by atoms with Gasteiger partial charge in [-0.1, -0.05) is 71.1 Å². The number of rotatable bonds is 11. The van der Waals surface area contributed by atoms with Gasteiger partial charge in [0.15, 0.2) is 0 Å². The number of hydrogen-bond donors (Lipinski definition) is 1. The van der Waals surface area contributed by atoms with E-state index >= 15 is 0 Å². The molecule has 0 aliphatic heterocycles. The zero-order valence-electron chi connectivity index (χ0n) is 11.2. The molecule has 0 heterocycles. The Hall–Kier alpha value is 0.144. The van der Waals surface area contributed by atoms with Crippen LogP contribution in [0.25, 0.3) is 0 Å². The molecule has 0 rings (SSSR count). The van der Waals surface area contributed by atoms with Gasteiger partial charge in [0.05, 0.1) is 0 Å². The molecule has 0 aliphatic carbocycles. The van der Waals surface area contributed by atoms with Gasteiger partial charge in [0, 0.05) is 6.61 Å². The number of unbranched alkanes of at least 4 members (excludes halogenated alkanes) is 10. The summed E-state index contributed by atoms with van der Waals surface area (Å²) in [5.41, 5.74) is 0. The van der Waals surface area contributed by atoms with Crippen LogP contribution >= 0.6 is 0 Å². The summed E-state index contributed by atoms with van der Waals surface area (Å²) in [6, 6.07) is 0. The van der Waals surface area contributed by atoms with Crippen molar-refractivity contribution in [3.8, 4) is 0 Å². The van der Waals surface area contributed by atoms with E-state index in [4.69, 9.17) is 12.5 Å². The fraction of sp³-hybridized carbons (Fsp3) is 1.00. The predicted octanol–water partition coefficient (Wildman–Crippen LogP) is 4.05. The molecule has 1 N–H and O–H groups in total. The van der Waals surface area contributed by atoms with E-state index in [-0.39, 0.29) is 0 Å². The van der Waals surface area contributed by atoms with Crippen molar-refractivity contribution in [3.05, 3.63) is 0 Å². The van der Waals surface area contributed by atoms with Crippen molar-refractivity contribution >= 4 is 0 Å². The normalized spacial score (nSPS) is 9.29. The monoisotopic (exact) mass is 283 g/mol. The van der Waals surface area contributed by atoms with Crippen LogP contribution < -0.4 is 0 Å². The van der Waals surface area contributed by atoms with Crippen LogP contribution in [0.5, 0.6) is 0 Å². The molecule has 0 radical (unpaired) electrons. The molecule has 4 heteroatoms. The average molecular weight is 283 g/mol. The van der Waals surface area contributed by atoms with Gasteiger partial charge in [0.2, 0.25) is 0 Å². The molecule has 0 aromatic carbocycles. The van der Waals surface area contributed by atoms with E-state index in [1.165, 1.54) is 64.2 Å². The third kappa shape index (κ3) is 26.0. The van der Waals surface area contributed by atoms with Gasteiger partial charge in [-0.05, 0) is 6.42 Å². The topological polar surface area (TPSA) is 54.4 Å². The van der Waals surface area contributed by atoms with Gasteiger partial charge in [-0.2, -0.15) is 0 Å². The molecule has 0 unspecified atom stereocenters. The van der Waals surface area contributed by atoms with E-state index < -0.39 is 16.2 Å². The minimum atomic E-state index is -1.81. The van der Waals surface area contributed by atoms with Gasteiger partial charge in [0.1, 0.15) is 0 Å². The Morgan fingerprint density at radius 2 is 1.00 bits per heavy atom. The van der Waals surface area contributed by atoms with Crippen molar-refractivity contribution < 1.29 is 28.6 Å². The molecule has 0 aliphatic rings. The first kappa shape index (κ1) is 19.5. The van der Waals surface area contributed by atoms with Crippen molar-refractivity contribution in [2.24, 2.45) is 0 Å². The Balaban J connectivity index is 0. The molecule has 0 saturated heterocycles. The molecule has 0 amide bonds. The van der Waals surface area contributed by atoms with Crippen LogP contribution in [0.3, 0.4) is 0 Å². The molecule has 3 nitrogen and oxygen atoms in total. The van der Waals surface area contributed by atoms with Crippen LogP contribution in [0, 0.1) is 0 Å². The fourth-order valence-electron chi connectivity index (χ4n) is 1.78. The van der Waals surface area contributed by atoms with E-state index in [0.29, 0.717) is 6.61 Å². The van der Waals surface area contributed by atoms with Crippen molar-refractivity contribution in [3.63, 3.8) is 0 Å². The van der Waals surface area contributed by atoms with Crippen LogP contribution in [-0.2, 0) is 23.5 Å². The molecule has 0 saturated carbocycles. The van der Waals surface area contributed by atoms with E-state index in [1.54, 1.807) is 0 Å². The van der Waals surface area contributed by atoms with Crippen LogP contribution in [0.4, 0.5) is 0 Å². The first-order chi connectivity index (χ1) is 8.33. The van der Waals surface area contributed by atoms with E-state index in [0.717, 1.165) is 6.42 Å². The molecule has 103 valence electrons. The van der Waals surface area contributed by atoms with E-state index in [1.807, 2.05) is 0 Å². The molecule has 0 aromatic rings. The third-order valence-electron chi connectivity index (χ3n) is 2.76. The van der Waals surface area contributed by atoms with Gasteiger partial charge in [-0.15, -0.1) is 0 Å². The van der Waals surface area contributed by atoms with Crippen LogP contribution in [0.15, 0.2) is 0 Å². The SMILES string of the molecule is CCCCCCCCCCCCCO.[O]=[V]=[O]. The summed E-state index contributed by atoms with van der Waals surface area (Å²) in [6.45, 7) is 2.64. The predicted molar refractivity (Wildman–Crippen MR) is 64.9 cm³/mol.